The minimum atomic E-state index is -1.04. The molecule has 2 aromatic rings. The van der Waals surface area contributed by atoms with Gasteiger partial charge in [-0.1, -0.05) is 36.2 Å². The largest absolute Gasteiger partial charge is 0.478 e. The van der Waals surface area contributed by atoms with Gasteiger partial charge in [0.15, 0.2) is 0 Å². The van der Waals surface area contributed by atoms with Gasteiger partial charge in [-0.05, 0) is 38.3 Å². The van der Waals surface area contributed by atoms with E-state index < -0.39 is 5.97 Å². The maximum Gasteiger partial charge on any atom is 0.340 e. The third-order valence-corrected chi connectivity index (χ3v) is 3.65. The Hall–Kier alpha value is -1.81. The van der Waals surface area contributed by atoms with Crippen LogP contribution in [-0.2, 0) is 6.42 Å². The van der Waals surface area contributed by atoms with Crippen LogP contribution in [0.15, 0.2) is 12.1 Å². The number of benzene rings is 1. The summed E-state index contributed by atoms with van der Waals surface area (Å²) in [5.41, 5.74) is 4.64. The zero-order valence-electron chi connectivity index (χ0n) is 12.0. The van der Waals surface area contributed by atoms with Gasteiger partial charge in [0.1, 0.15) is 10.7 Å². The lowest BCUT2D eigenvalue weighted by atomic mass is 10.1. The molecule has 0 aliphatic rings. The van der Waals surface area contributed by atoms with Crippen molar-refractivity contribution >= 4 is 17.6 Å². The van der Waals surface area contributed by atoms with Gasteiger partial charge in [-0.2, -0.15) is 5.10 Å². The Morgan fingerprint density at radius 2 is 1.85 bits per heavy atom. The Bertz CT molecular complexity index is 666. The van der Waals surface area contributed by atoms with Crippen molar-refractivity contribution < 1.29 is 9.90 Å². The highest BCUT2D eigenvalue weighted by atomic mass is 35.5. The molecule has 106 valence electrons. The summed E-state index contributed by atoms with van der Waals surface area (Å²) in [5, 5.41) is 13.8. The Kier molecular flexibility index (Phi) is 3.86. The molecule has 0 spiro atoms. The minimum Gasteiger partial charge on any atom is -0.478 e. The molecule has 0 fully saturated rings. The van der Waals surface area contributed by atoms with Crippen molar-refractivity contribution in [3.63, 3.8) is 0 Å². The summed E-state index contributed by atoms with van der Waals surface area (Å²) in [6.45, 7) is 7.83. The van der Waals surface area contributed by atoms with E-state index in [4.69, 9.17) is 11.6 Å². The molecule has 0 saturated heterocycles. The molecular weight excluding hydrogens is 276 g/mol. The van der Waals surface area contributed by atoms with Gasteiger partial charge in [0, 0.05) is 0 Å². The van der Waals surface area contributed by atoms with Crippen LogP contribution in [0.2, 0.25) is 5.15 Å². The van der Waals surface area contributed by atoms with E-state index in [9.17, 15) is 9.90 Å². The second-order valence-electron chi connectivity index (χ2n) is 4.93. The van der Waals surface area contributed by atoms with Crippen LogP contribution in [0.25, 0.3) is 5.69 Å². The molecule has 5 heteroatoms. The van der Waals surface area contributed by atoms with Crippen LogP contribution < -0.4 is 0 Å². The predicted molar refractivity (Wildman–Crippen MR) is 79.1 cm³/mol. The number of carboxylic acid groups (broad SMARTS) is 1. The van der Waals surface area contributed by atoms with E-state index in [0.717, 1.165) is 22.4 Å². The zero-order chi connectivity index (χ0) is 15.0. The Balaban J connectivity index is 2.75. The molecule has 0 unspecified atom stereocenters. The zero-order valence-corrected chi connectivity index (χ0v) is 12.7. The first-order chi connectivity index (χ1) is 9.36. The van der Waals surface area contributed by atoms with Gasteiger partial charge in [0.05, 0.1) is 11.4 Å². The lowest BCUT2D eigenvalue weighted by molar-refractivity contribution is 0.0696. The van der Waals surface area contributed by atoms with Crippen molar-refractivity contribution in [2.45, 2.75) is 34.1 Å². The van der Waals surface area contributed by atoms with Crippen molar-refractivity contribution in [2.75, 3.05) is 0 Å². The van der Waals surface area contributed by atoms with Gasteiger partial charge in [0.25, 0.3) is 0 Å². The van der Waals surface area contributed by atoms with Crippen LogP contribution in [0.3, 0.4) is 0 Å². The van der Waals surface area contributed by atoms with E-state index in [0.29, 0.717) is 12.1 Å². The van der Waals surface area contributed by atoms with E-state index >= 15 is 0 Å². The summed E-state index contributed by atoms with van der Waals surface area (Å²) in [6, 6.07) is 4.07. The van der Waals surface area contributed by atoms with Crippen molar-refractivity contribution in [2.24, 2.45) is 0 Å². The highest BCUT2D eigenvalue weighted by Crippen LogP contribution is 2.28. The van der Waals surface area contributed by atoms with Crippen molar-refractivity contribution in [3.05, 3.63) is 45.2 Å². The molecule has 2 rings (SSSR count). The molecule has 1 N–H and O–H groups in total. The normalized spacial score (nSPS) is 10.8. The number of carbonyl (C=O) groups is 1. The summed E-state index contributed by atoms with van der Waals surface area (Å²) in [7, 11) is 0. The lowest BCUT2D eigenvalue weighted by Crippen LogP contribution is -2.04. The fourth-order valence-corrected chi connectivity index (χ4v) is 2.87. The summed E-state index contributed by atoms with van der Waals surface area (Å²) >= 11 is 6.24. The lowest BCUT2D eigenvalue weighted by Gasteiger charge is -2.12. The first-order valence-electron chi connectivity index (χ1n) is 6.45. The number of hydrogen-bond acceptors (Lipinski definition) is 2. The Labute approximate surface area is 123 Å². The third-order valence-electron chi connectivity index (χ3n) is 3.30. The molecule has 1 aromatic heterocycles. The molecule has 0 aliphatic carbocycles. The molecule has 0 bridgehead atoms. The first-order valence-corrected chi connectivity index (χ1v) is 6.83. The molecule has 4 nitrogen and oxygen atoms in total. The molecule has 20 heavy (non-hydrogen) atoms. The summed E-state index contributed by atoms with van der Waals surface area (Å²) < 4.78 is 1.54. The molecular formula is C15H17ClN2O2. The quantitative estimate of drug-likeness (QED) is 0.938. The van der Waals surface area contributed by atoms with Crippen LogP contribution in [-0.4, -0.2) is 20.9 Å². The SMILES string of the molecule is CCc1nn(-c2c(C)cc(C)cc2C)c(Cl)c1C(=O)O. The van der Waals surface area contributed by atoms with Gasteiger partial charge in [-0.15, -0.1) is 0 Å². The van der Waals surface area contributed by atoms with E-state index in [-0.39, 0.29) is 10.7 Å². The number of hydrogen-bond donors (Lipinski definition) is 1. The number of rotatable bonds is 3. The van der Waals surface area contributed by atoms with Crippen LogP contribution in [0.5, 0.6) is 0 Å². The van der Waals surface area contributed by atoms with Crippen molar-refractivity contribution in [3.8, 4) is 5.69 Å². The Morgan fingerprint density at radius 1 is 1.30 bits per heavy atom. The van der Waals surface area contributed by atoms with Gasteiger partial charge in [0.2, 0.25) is 0 Å². The number of carboxylic acids is 1. The van der Waals surface area contributed by atoms with Crippen molar-refractivity contribution in [1.29, 1.82) is 0 Å². The number of aromatic nitrogens is 2. The molecule has 0 atom stereocenters. The molecule has 1 heterocycles. The van der Waals surface area contributed by atoms with Gasteiger partial charge >= 0.3 is 5.97 Å². The first kappa shape index (κ1) is 14.6. The van der Waals surface area contributed by atoms with E-state index in [1.165, 1.54) is 4.68 Å². The maximum absolute atomic E-state index is 11.3. The molecule has 0 amide bonds. The smallest absolute Gasteiger partial charge is 0.340 e. The van der Waals surface area contributed by atoms with Crippen molar-refractivity contribution in [1.82, 2.24) is 9.78 Å². The fourth-order valence-electron chi connectivity index (χ4n) is 2.55. The number of nitrogens with zero attached hydrogens (tertiary/aromatic N) is 2. The van der Waals surface area contributed by atoms with Gasteiger partial charge < -0.3 is 5.11 Å². The fraction of sp³-hybridized carbons (Fsp3) is 0.333. The van der Waals surface area contributed by atoms with Crippen LogP contribution in [0, 0.1) is 20.8 Å². The molecule has 0 aliphatic heterocycles. The molecule has 0 saturated carbocycles. The van der Waals surface area contributed by atoms with Gasteiger partial charge in [-0.3, -0.25) is 0 Å². The standard InChI is InChI=1S/C15H17ClN2O2/c1-5-11-12(15(19)20)14(16)18(17-11)13-9(3)6-8(2)7-10(13)4/h6-7H,5H2,1-4H3,(H,19,20). The highest BCUT2D eigenvalue weighted by Gasteiger charge is 2.23. The molecule has 1 aromatic carbocycles. The predicted octanol–water partition coefficient (Wildman–Crippen LogP) is 3.71. The second-order valence-corrected chi connectivity index (χ2v) is 5.29. The number of aryl methyl sites for hydroxylation is 4. The van der Waals surface area contributed by atoms with E-state index in [2.05, 4.69) is 5.10 Å². The number of aromatic carboxylic acids is 1. The maximum atomic E-state index is 11.3. The summed E-state index contributed by atoms with van der Waals surface area (Å²) in [6.07, 6.45) is 0.526. The van der Waals surface area contributed by atoms with E-state index in [1.807, 2.05) is 39.8 Å². The monoisotopic (exact) mass is 292 g/mol. The Morgan fingerprint density at radius 3 is 2.25 bits per heavy atom. The second kappa shape index (κ2) is 5.29. The third kappa shape index (κ3) is 2.31. The highest BCUT2D eigenvalue weighted by molar-refractivity contribution is 6.33. The van der Waals surface area contributed by atoms with Gasteiger partial charge in [-0.25, -0.2) is 9.48 Å². The average molecular weight is 293 g/mol. The van der Waals surface area contributed by atoms with Crippen LogP contribution in [0.1, 0.15) is 39.7 Å². The number of halogens is 1. The molecule has 0 radical (unpaired) electrons. The van der Waals surface area contributed by atoms with E-state index in [1.54, 1.807) is 0 Å². The average Bonchev–Trinajstić information content (AvgIpc) is 2.65. The minimum absolute atomic E-state index is 0.0912. The topological polar surface area (TPSA) is 55.1 Å². The summed E-state index contributed by atoms with van der Waals surface area (Å²) in [5.74, 6) is -1.04. The van der Waals surface area contributed by atoms with Crippen LogP contribution >= 0.6 is 11.6 Å². The summed E-state index contributed by atoms with van der Waals surface area (Å²) in [4.78, 5) is 11.3. The van der Waals surface area contributed by atoms with Crippen LogP contribution in [0.4, 0.5) is 0 Å².